The summed E-state index contributed by atoms with van der Waals surface area (Å²) in [6.45, 7) is 5.62. The van der Waals surface area contributed by atoms with Crippen LogP contribution in [0.1, 0.15) is 16.7 Å². The smallest absolute Gasteiger partial charge is 0.262 e. The zero-order chi connectivity index (χ0) is 19.9. The fourth-order valence-electron chi connectivity index (χ4n) is 3.74. The molecule has 0 aliphatic rings. The molecule has 0 spiro atoms. The Balaban J connectivity index is 1.62. The maximum atomic E-state index is 12.9. The molecule has 0 bridgehead atoms. The predicted octanol–water partition coefficient (Wildman–Crippen LogP) is 5.56. The lowest BCUT2D eigenvalue weighted by Gasteiger charge is -2.14. The predicted molar refractivity (Wildman–Crippen MR) is 115 cm³/mol. The minimum atomic E-state index is -3.65. The number of rotatable bonds is 4. The summed E-state index contributed by atoms with van der Waals surface area (Å²) in [5.41, 5.74) is 6.17. The first-order valence-corrected chi connectivity index (χ1v) is 10.6. The van der Waals surface area contributed by atoms with Gasteiger partial charge in [0.1, 0.15) is 0 Å². The van der Waals surface area contributed by atoms with E-state index in [0.29, 0.717) is 10.6 Å². The van der Waals surface area contributed by atoms with E-state index in [4.69, 9.17) is 0 Å². The number of aromatic nitrogens is 1. The van der Waals surface area contributed by atoms with E-state index in [-0.39, 0.29) is 0 Å². The summed E-state index contributed by atoms with van der Waals surface area (Å²) in [6, 6.07) is 21.4. The molecule has 28 heavy (non-hydrogen) atoms. The van der Waals surface area contributed by atoms with Crippen molar-refractivity contribution >= 4 is 26.6 Å². The van der Waals surface area contributed by atoms with Gasteiger partial charge in [-0.1, -0.05) is 48.0 Å². The Bertz CT molecular complexity index is 1210. The highest BCUT2D eigenvalue weighted by molar-refractivity contribution is 7.92. The average Bonchev–Trinajstić information content (AvgIpc) is 3.05. The summed E-state index contributed by atoms with van der Waals surface area (Å²) in [4.78, 5) is 3.73. The van der Waals surface area contributed by atoms with Crippen LogP contribution in [-0.4, -0.2) is 13.4 Å². The highest BCUT2D eigenvalue weighted by atomic mass is 32.2. The van der Waals surface area contributed by atoms with E-state index in [9.17, 15) is 8.42 Å². The molecule has 4 aromatic rings. The van der Waals surface area contributed by atoms with Crippen LogP contribution in [0.5, 0.6) is 0 Å². The number of anilines is 1. The molecule has 0 unspecified atom stereocenters. The average molecular weight is 391 g/mol. The van der Waals surface area contributed by atoms with Crippen molar-refractivity contribution in [2.45, 2.75) is 25.7 Å². The van der Waals surface area contributed by atoms with Crippen LogP contribution in [0.4, 0.5) is 5.69 Å². The summed E-state index contributed by atoms with van der Waals surface area (Å²) >= 11 is 0. The van der Waals surface area contributed by atoms with Gasteiger partial charge in [0.15, 0.2) is 0 Å². The summed E-state index contributed by atoms with van der Waals surface area (Å²) in [6.07, 6.45) is 0. The number of hydrogen-bond donors (Lipinski definition) is 2. The molecule has 1 aromatic heterocycles. The Morgan fingerprint density at radius 1 is 0.821 bits per heavy atom. The van der Waals surface area contributed by atoms with Gasteiger partial charge in [0.05, 0.1) is 4.90 Å². The number of nitrogens with one attached hydrogen (secondary N) is 2. The van der Waals surface area contributed by atoms with Crippen LogP contribution in [0.25, 0.3) is 22.2 Å². The molecule has 0 radical (unpaired) electrons. The van der Waals surface area contributed by atoms with Crippen molar-refractivity contribution in [1.29, 1.82) is 0 Å². The van der Waals surface area contributed by atoms with Gasteiger partial charge in [-0.15, -0.1) is 0 Å². The van der Waals surface area contributed by atoms with Crippen LogP contribution in [0.2, 0.25) is 0 Å². The van der Waals surface area contributed by atoms with Crippen molar-refractivity contribution in [3.63, 3.8) is 0 Å². The first-order valence-electron chi connectivity index (χ1n) is 9.12. The molecule has 1 heterocycles. The molecule has 0 saturated carbocycles. The lowest BCUT2D eigenvalue weighted by atomic mass is 10.1. The molecule has 3 aromatic carbocycles. The van der Waals surface area contributed by atoms with Crippen molar-refractivity contribution in [3.8, 4) is 11.3 Å². The molecule has 2 N–H and O–H groups in total. The number of H-pyrrole nitrogens is 1. The second-order valence-electron chi connectivity index (χ2n) is 7.18. The van der Waals surface area contributed by atoms with E-state index in [1.807, 2.05) is 63.2 Å². The fourth-order valence-corrected chi connectivity index (χ4v) is 5.26. The number of aromatic amines is 1. The van der Waals surface area contributed by atoms with E-state index >= 15 is 0 Å². The molecule has 0 amide bonds. The normalized spacial score (nSPS) is 11.7. The summed E-state index contributed by atoms with van der Waals surface area (Å²) in [5, 5.41) is 1.15. The largest absolute Gasteiger partial charge is 0.355 e. The van der Waals surface area contributed by atoms with Crippen LogP contribution in [0.15, 0.2) is 71.6 Å². The molecule has 0 atom stereocenters. The molecular weight excluding hydrogens is 368 g/mol. The highest BCUT2D eigenvalue weighted by Gasteiger charge is 2.20. The fraction of sp³-hybridized carbons (Fsp3) is 0.130. The Morgan fingerprint density at radius 2 is 1.46 bits per heavy atom. The van der Waals surface area contributed by atoms with E-state index in [1.165, 1.54) is 0 Å². The van der Waals surface area contributed by atoms with Crippen LogP contribution in [0.3, 0.4) is 0 Å². The topological polar surface area (TPSA) is 62.0 Å². The number of benzene rings is 3. The van der Waals surface area contributed by atoms with Gasteiger partial charge in [-0.05, 0) is 61.7 Å². The minimum absolute atomic E-state index is 0.345. The Hall–Kier alpha value is -3.05. The molecule has 0 aliphatic heterocycles. The third kappa shape index (κ3) is 3.41. The Kier molecular flexibility index (Phi) is 4.47. The Labute approximate surface area is 165 Å². The number of sulfonamides is 1. The minimum Gasteiger partial charge on any atom is -0.355 e. The first-order chi connectivity index (χ1) is 13.3. The highest BCUT2D eigenvalue weighted by Crippen LogP contribution is 2.27. The van der Waals surface area contributed by atoms with Crippen LogP contribution in [0, 0.1) is 20.8 Å². The first kappa shape index (κ1) is 18.3. The van der Waals surface area contributed by atoms with Crippen LogP contribution < -0.4 is 4.72 Å². The van der Waals surface area contributed by atoms with Gasteiger partial charge >= 0.3 is 0 Å². The standard InChI is InChI=1S/C23H22N2O2S/c1-15-12-16(2)23(17(3)13-15)28(26,27)25-20-10-8-18(9-11-20)22-14-19-6-4-5-7-21(19)24-22/h4-14,24-25H,1-3H3. The van der Waals surface area contributed by atoms with Crippen LogP contribution in [-0.2, 0) is 10.0 Å². The van der Waals surface area contributed by atoms with Gasteiger partial charge in [0, 0.05) is 22.3 Å². The SMILES string of the molecule is Cc1cc(C)c(S(=O)(=O)Nc2ccc(-c3cc4ccccc4[nH]3)cc2)c(C)c1. The quantitative estimate of drug-likeness (QED) is 0.479. The molecule has 4 nitrogen and oxygen atoms in total. The van der Waals surface area contributed by atoms with Crippen molar-refractivity contribution in [3.05, 3.63) is 83.4 Å². The molecule has 142 valence electrons. The second kappa shape index (κ2) is 6.84. The van der Waals surface area contributed by atoms with Crippen LogP contribution >= 0.6 is 0 Å². The number of para-hydroxylation sites is 1. The monoisotopic (exact) mass is 390 g/mol. The van der Waals surface area contributed by atoms with E-state index in [1.54, 1.807) is 12.1 Å². The zero-order valence-electron chi connectivity index (χ0n) is 16.1. The number of aryl methyl sites for hydroxylation is 3. The summed E-state index contributed by atoms with van der Waals surface area (Å²) in [5.74, 6) is 0. The van der Waals surface area contributed by atoms with E-state index < -0.39 is 10.0 Å². The van der Waals surface area contributed by atoms with Gasteiger partial charge in [-0.2, -0.15) is 0 Å². The van der Waals surface area contributed by atoms with Gasteiger partial charge in [-0.25, -0.2) is 8.42 Å². The molecule has 0 fully saturated rings. The Morgan fingerprint density at radius 3 is 2.11 bits per heavy atom. The van der Waals surface area contributed by atoms with Crippen molar-refractivity contribution in [1.82, 2.24) is 4.98 Å². The lowest BCUT2D eigenvalue weighted by Crippen LogP contribution is -2.15. The van der Waals surface area contributed by atoms with Crippen molar-refractivity contribution in [2.75, 3.05) is 4.72 Å². The second-order valence-corrected chi connectivity index (χ2v) is 8.80. The lowest BCUT2D eigenvalue weighted by molar-refractivity contribution is 0.600. The molecule has 5 heteroatoms. The maximum absolute atomic E-state index is 12.9. The van der Waals surface area contributed by atoms with E-state index in [0.717, 1.165) is 38.9 Å². The van der Waals surface area contributed by atoms with Gasteiger partial charge in [-0.3, -0.25) is 4.72 Å². The number of fused-ring (bicyclic) bond motifs is 1. The molecule has 0 aliphatic carbocycles. The van der Waals surface area contributed by atoms with Crippen molar-refractivity contribution < 1.29 is 8.42 Å². The van der Waals surface area contributed by atoms with Crippen molar-refractivity contribution in [2.24, 2.45) is 0 Å². The molecule has 4 rings (SSSR count). The third-order valence-electron chi connectivity index (χ3n) is 4.85. The number of hydrogen-bond acceptors (Lipinski definition) is 2. The molecular formula is C23H22N2O2S. The zero-order valence-corrected chi connectivity index (χ0v) is 16.9. The van der Waals surface area contributed by atoms with Gasteiger partial charge in [0.25, 0.3) is 10.0 Å². The summed E-state index contributed by atoms with van der Waals surface area (Å²) in [7, 11) is -3.65. The third-order valence-corrected chi connectivity index (χ3v) is 6.54. The van der Waals surface area contributed by atoms with Gasteiger partial charge in [0.2, 0.25) is 0 Å². The van der Waals surface area contributed by atoms with E-state index in [2.05, 4.69) is 21.8 Å². The molecule has 0 saturated heterocycles. The summed E-state index contributed by atoms with van der Waals surface area (Å²) < 4.78 is 28.5. The maximum Gasteiger partial charge on any atom is 0.262 e. The van der Waals surface area contributed by atoms with Gasteiger partial charge < -0.3 is 4.98 Å².